The maximum absolute atomic E-state index is 5.34. The van der Waals surface area contributed by atoms with E-state index in [1.807, 2.05) is 48.5 Å². The van der Waals surface area contributed by atoms with Crippen LogP contribution in [0.25, 0.3) is 33.3 Å². The quantitative estimate of drug-likeness (QED) is 0.482. The number of hydrogen-bond acceptors (Lipinski definition) is 5. The normalized spacial score (nSPS) is 11.2. The number of oxazole rings is 2. The third kappa shape index (κ3) is 2.52. The van der Waals surface area contributed by atoms with Crippen LogP contribution >= 0.6 is 0 Å². The summed E-state index contributed by atoms with van der Waals surface area (Å²) in [5.41, 5.74) is 7.47. The van der Waals surface area contributed by atoms with E-state index in [9.17, 15) is 0 Å². The fraction of sp³-hybridized carbons (Fsp3) is 0. The molecule has 0 atom stereocenters. The van der Waals surface area contributed by atoms with Gasteiger partial charge in [-0.2, -0.15) is 0 Å². The lowest BCUT2D eigenvalue weighted by Crippen LogP contribution is -1.90. The summed E-state index contributed by atoms with van der Waals surface area (Å²) in [6.45, 7) is 0. The van der Waals surface area contributed by atoms with Gasteiger partial charge in [0.05, 0.1) is 0 Å². The molecule has 3 aromatic carbocycles. The molecule has 0 aliphatic heterocycles. The minimum Gasteiger partial charge on any atom is -0.443 e. The molecular weight excluding hydrogens is 314 g/mol. The van der Waals surface area contributed by atoms with Crippen LogP contribution in [0.4, 0.5) is 11.4 Å². The standard InChI is InChI=1S/C20H13N3O2/c1-4-15(23-16-6-7-17-20(10-16)25-11-21-17)5-2-13(1)14-3-8-19-18(9-14)22-12-24-19/h1-12,23H. The summed E-state index contributed by atoms with van der Waals surface area (Å²) in [5.74, 6) is 0. The Labute approximate surface area is 142 Å². The third-order valence-corrected chi connectivity index (χ3v) is 4.17. The molecule has 0 saturated carbocycles. The Morgan fingerprint density at radius 1 is 0.600 bits per heavy atom. The zero-order valence-corrected chi connectivity index (χ0v) is 13.1. The number of fused-ring (bicyclic) bond motifs is 2. The van der Waals surface area contributed by atoms with E-state index in [4.69, 9.17) is 8.83 Å². The van der Waals surface area contributed by atoms with Gasteiger partial charge in [-0.3, -0.25) is 0 Å². The molecule has 5 aromatic rings. The monoisotopic (exact) mass is 327 g/mol. The predicted molar refractivity (Wildman–Crippen MR) is 96.7 cm³/mol. The van der Waals surface area contributed by atoms with E-state index in [1.165, 1.54) is 12.8 Å². The fourth-order valence-corrected chi connectivity index (χ4v) is 2.88. The second kappa shape index (κ2) is 5.49. The van der Waals surface area contributed by atoms with Gasteiger partial charge >= 0.3 is 0 Å². The molecule has 1 N–H and O–H groups in total. The van der Waals surface area contributed by atoms with Crippen LogP contribution in [0.5, 0.6) is 0 Å². The minimum atomic E-state index is 0.766. The SMILES string of the molecule is c1nc2cc(-c3ccc(Nc4ccc5ncoc5c4)cc3)ccc2o1. The van der Waals surface area contributed by atoms with Gasteiger partial charge in [0.25, 0.3) is 0 Å². The summed E-state index contributed by atoms with van der Waals surface area (Å²) in [6, 6.07) is 20.1. The van der Waals surface area contributed by atoms with Crippen LogP contribution in [0.15, 0.2) is 82.3 Å². The molecule has 2 heterocycles. The van der Waals surface area contributed by atoms with Gasteiger partial charge in [0.1, 0.15) is 11.0 Å². The van der Waals surface area contributed by atoms with Crippen molar-refractivity contribution in [1.29, 1.82) is 0 Å². The Morgan fingerprint density at radius 3 is 2.20 bits per heavy atom. The second-order valence-electron chi connectivity index (χ2n) is 5.77. The molecule has 0 fully saturated rings. The molecule has 0 radical (unpaired) electrons. The molecule has 0 aliphatic rings. The van der Waals surface area contributed by atoms with Crippen molar-refractivity contribution in [3.8, 4) is 11.1 Å². The van der Waals surface area contributed by atoms with Crippen LogP contribution in [-0.4, -0.2) is 9.97 Å². The minimum absolute atomic E-state index is 0.766. The lowest BCUT2D eigenvalue weighted by molar-refractivity contribution is 0.602. The van der Waals surface area contributed by atoms with Crippen LogP contribution in [-0.2, 0) is 0 Å². The van der Waals surface area contributed by atoms with Gasteiger partial charge < -0.3 is 14.2 Å². The number of nitrogens with one attached hydrogen (secondary N) is 1. The summed E-state index contributed by atoms with van der Waals surface area (Å²) in [5, 5.41) is 3.37. The molecule has 5 rings (SSSR count). The highest BCUT2D eigenvalue weighted by Gasteiger charge is 2.04. The predicted octanol–water partition coefficient (Wildman–Crippen LogP) is 5.38. The summed E-state index contributed by atoms with van der Waals surface area (Å²) in [7, 11) is 0. The number of hydrogen-bond donors (Lipinski definition) is 1. The number of nitrogens with zero attached hydrogens (tertiary/aromatic N) is 2. The number of benzene rings is 3. The van der Waals surface area contributed by atoms with Crippen molar-refractivity contribution in [2.24, 2.45) is 0 Å². The van der Waals surface area contributed by atoms with E-state index in [0.29, 0.717) is 0 Å². The first-order valence-corrected chi connectivity index (χ1v) is 7.89. The van der Waals surface area contributed by atoms with Gasteiger partial charge in [0.15, 0.2) is 24.0 Å². The van der Waals surface area contributed by atoms with E-state index in [1.54, 1.807) is 0 Å². The summed E-state index contributed by atoms with van der Waals surface area (Å²) < 4.78 is 10.6. The van der Waals surface area contributed by atoms with E-state index >= 15 is 0 Å². The van der Waals surface area contributed by atoms with Crippen molar-refractivity contribution in [2.45, 2.75) is 0 Å². The molecule has 5 heteroatoms. The van der Waals surface area contributed by atoms with Crippen LogP contribution in [0.1, 0.15) is 0 Å². The molecule has 120 valence electrons. The first kappa shape index (κ1) is 13.8. The highest BCUT2D eigenvalue weighted by Crippen LogP contribution is 2.27. The van der Waals surface area contributed by atoms with E-state index < -0.39 is 0 Å². The molecule has 0 amide bonds. The Kier molecular flexibility index (Phi) is 3.03. The van der Waals surface area contributed by atoms with Gasteiger partial charge in [-0.05, 0) is 47.5 Å². The second-order valence-corrected chi connectivity index (χ2v) is 5.77. The lowest BCUT2D eigenvalue weighted by atomic mass is 10.0. The van der Waals surface area contributed by atoms with Crippen molar-refractivity contribution in [3.05, 3.63) is 73.5 Å². The fourth-order valence-electron chi connectivity index (χ4n) is 2.88. The van der Waals surface area contributed by atoms with Crippen molar-refractivity contribution >= 4 is 33.6 Å². The van der Waals surface area contributed by atoms with E-state index in [2.05, 4.69) is 27.4 Å². The van der Waals surface area contributed by atoms with Crippen LogP contribution in [0.2, 0.25) is 0 Å². The molecule has 0 aliphatic carbocycles. The smallest absolute Gasteiger partial charge is 0.181 e. The van der Waals surface area contributed by atoms with Gasteiger partial charge in [-0.15, -0.1) is 0 Å². The third-order valence-electron chi connectivity index (χ3n) is 4.17. The largest absolute Gasteiger partial charge is 0.443 e. The maximum Gasteiger partial charge on any atom is 0.181 e. The molecule has 0 bridgehead atoms. The highest BCUT2D eigenvalue weighted by atomic mass is 16.3. The zero-order chi connectivity index (χ0) is 16.6. The summed E-state index contributed by atoms with van der Waals surface area (Å²) in [4.78, 5) is 8.33. The zero-order valence-electron chi connectivity index (χ0n) is 13.1. The first-order valence-electron chi connectivity index (χ1n) is 7.89. The van der Waals surface area contributed by atoms with E-state index in [0.717, 1.165) is 44.7 Å². The Hall–Kier alpha value is -3.60. The molecule has 2 aromatic heterocycles. The molecule has 0 saturated heterocycles. The van der Waals surface area contributed by atoms with E-state index in [-0.39, 0.29) is 0 Å². The van der Waals surface area contributed by atoms with Gasteiger partial charge in [0.2, 0.25) is 0 Å². The molecular formula is C20H13N3O2. The van der Waals surface area contributed by atoms with Crippen LogP contribution in [0, 0.1) is 0 Å². The molecule has 25 heavy (non-hydrogen) atoms. The molecule has 0 spiro atoms. The van der Waals surface area contributed by atoms with Crippen molar-refractivity contribution in [2.75, 3.05) is 5.32 Å². The topological polar surface area (TPSA) is 64.1 Å². The van der Waals surface area contributed by atoms with Crippen molar-refractivity contribution in [3.63, 3.8) is 0 Å². The summed E-state index contributed by atoms with van der Waals surface area (Å²) >= 11 is 0. The first-order chi connectivity index (χ1) is 12.3. The molecule has 5 nitrogen and oxygen atoms in total. The van der Waals surface area contributed by atoms with Crippen LogP contribution in [0.3, 0.4) is 0 Å². The average Bonchev–Trinajstić information content (AvgIpc) is 3.30. The van der Waals surface area contributed by atoms with Crippen molar-refractivity contribution in [1.82, 2.24) is 9.97 Å². The average molecular weight is 327 g/mol. The number of anilines is 2. The van der Waals surface area contributed by atoms with Gasteiger partial charge in [0, 0.05) is 17.4 Å². The van der Waals surface area contributed by atoms with Gasteiger partial charge in [-0.25, -0.2) is 9.97 Å². The number of rotatable bonds is 3. The van der Waals surface area contributed by atoms with Crippen molar-refractivity contribution < 1.29 is 8.83 Å². The Morgan fingerprint density at radius 2 is 1.32 bits per heavy atom. The van der Waals surface area contributed by atoms with Crippen LogP contribution < -0.4 is 5.32 Å². The maximum atomic E-state index is 5.34. The number of aromatic nitrogens is 2. The Bertz CT molecular complexity index is 1170. The Balaban J connectivity index is 1.42. The van der Waals surface area contributed by atoms with Gasteiger partial charge in [-0.1, -0.05) is 18.2 Å². The molecule has 0 unspecified atom stereocenters. The lowest BCUT2D eigenvalue weighted by Gasteiger charge is -2.08. The summed E-state index contributed by atoms with van der Waals surface area (Å²) in [6.07, 6.45) is 2.92. The highest BCUT2D eigenvalue weighted by molar-refractivity contribution is 5.81.